The van der Waals surface area contributed by atoms with E-state index in [0.717, 1.165) is 19.6 Å². The molecule has 1 heteroatoms. The molecule has 90 valence electrons. The van der Waals surface area contributed by atoms with Crippen LogP contribution in [0.2, 0.25) is 0 Å². The van der Waals surface area contributed by atoms with E-state index in [4.69, 9.17) is 4.74 Å². The SMILES string of the molecule is CCCOCCCCCCc1ccccc1. The van der Waals surface area contributed by atoms with Crippen LogP contribution in [-0.4, -0.2) is 13.2 Å². The quantitative estimate of drug-likeness (QED) is 0.566. The van der Waals surface area contributed by atoms with Crippen molar-refractivity contribution in [3.05, 3.63) is 35.9 Å². The van der Waals surface area contributed by atoms with Gasteiger partial charge >= 0.3 is 0 Å². The van der Waals surface area contributed by atoms with Crippen LogP contribution < -0.4 is 0 Å². The Labute approximate surface area is 99.8 Å². The van der Waals surface area contributed by atoms with Crippen molar-refractivity contribution in [1.29, 1.82) is 0 Å². The monoisotopic (exact) mass is 220 g/mol. The minimum atomic E-state index is 0.921. The predicted molar refractivity (Wildman–Crippen MR) is 69.7 cm³/mol. The molecule has 0 saturated heterocycles. The Morgan fingerprint density at radius 2 is 1.62 bits per heavy atom. The van der Waals surface area contributed by atoms with E-state index in [9.17, 15) is 0 Å². The van der Waals surface area contributed by atoms with Crippen LogP contribution in [0.1, 0.15) is 44.6 Å². The first kappa shape index (κ1) is 13.2. The van der Waals surface area contributed by atoms with Crippen LogP contribution in [0.25, 0.3) is 0 Å². The number of hydrogen-bond acceptors (Lipinski definition) is 1. The van der Waals surface area contributed by atoms with Gasteiger partial charge < -0.3 is 4.74 Å². The van der Waals surface area contributed by atoms with E-state index < -0.39 is 0 Å². The molecule has 0 radical (unpaired) electrons. The summed E-state index contributed by atoms with van der Waals surface area (Å²) >= 11 is 0. The van der Waals surface area contributed by atoms with Crippen LogP contribution in [0, 0.1) is 0 Å². The third-order valence-electron chi connectivity index (χ3n) is 2.70. The van der Waals surface area contributed by atoms with E-state index in [1.807, 2.05) is 0 Å². The molecule has 16 heavy (non-hydrogen) atoms. The first-order chi connectivity index (χ1) is 7.93. The summed E-state index contributed by atoms with van der Waals surface area (Å²) in [4.78, 5) is 0. The molecule has 0 amide bonds. The number of ether oxygens (including phenoxy) is 1. The van der Waals surface area contributed by atoms with E-state index in [-0.39, 0.29) is 0 Å². The maximum absolute atomic E-state index is 5.45. The van der Waals surface area contributed by atoms with Crippen molar-refractivity contribution >= 4 is 0 Å². The number of rotatable bonds is 9. The van der Waals surface area contributed by atoms with Gasteiger partial charge in [0.05, 0.1) is 0 Å². The van der Waals surface area contributed by atoms with Crippen LogP contribution in [0.3, 0.4) is 0 Å². The molecule has 0 spiro atoms. The molecule has 0 heterocycles. The molecule has 0 aromatic heterocycles. The zero-order chi connectivity index (χ0) is 11.5. The fourth-order valence-corrected chi connectivity index (χ4v) is 1.78. The molecular weight excluding hydrogens is 196 g/mol. The van der Waals surface area contributed by atoms with Crippen molar-refractivity contribution in [3.8, 4) is 0 Å². The van der Waals surface area contributed by atoms with Gasteiger partial charge in [-0.2, -0.15) is 0 Å². The molecule has 1 nitrogen and oxygen atoms in total. The molecule has 0 aliphatic heterocycles. The molecular formula is C15H24O. The van der Waals surface area contributed by atoms with E-state index in [1.165, 1.54) is 37.7 Å². The van der Waals surface area contributed by atoms with Gasteiger partial charge in [0.1, 0.15) is 0 Å². The fourth-order valence-electron chi connectivity index (χ4n) is 1.78. The second-order valence-electron chi connectivity index (χ2n) is 4.26. The van der Waals surface area contributed by atoms with Gasteiger partial charge in [0, 0.05) is 13.2 Å². The zero-order valence-corrected chi connectivity index (χ0v) is 10.5. The van der Waals surface area contributed by atoms with E-state index in [0.29, 0.717) is 0 Å². The molecule has 0 aliphatic rings. The van der Waals surface area contributed by atoms with Crippen LogP contribution >= 0.6 is 0 Å². The van der Waals surface area contributed by atoms with Crippen LogP contribution in [-0.2, 0) is 11.2 Å². The van der Waals surface area contributed by atoms with Crippen molar-refractivity contribution in [2.24, 2.45) is 0 Å². The molecule has 1 aromatic carbocycles. The maximum Gasteiger partial charge on any atom is 0.0466 e. The normalized spacial score (nSPS) is 10.6. The van der Waals surface area contributed by atoms with E-state index >= 15 is 0 Å². The largest absolute Gasteiger partial charge is 0.381 e. The predicted octanol–water partition coefficient (Wildman–Crippen LogP) is 4.22. The van der Waals surface area contributed by atoms with Gasteiger partial charge in [-0.25, -0.2) is 0 Å². The Morgan fingerprint density at radius 1 is 0.875 bits per heavy atom. The van der Waals surface area contributed by atoms with Crippen LogP contribution in [0.15, 0.2) is 30.3 Å². The highest BCUT2D eigenvalue weighted by Crippen LogP contribution is 2.07. The Bertz CT molecular complexity index is 243. The molecule has 0 fully saturated rings. The third-order valence-corrected chi connectivity index (χ3v) is 2.70. The lowest BCUT2D eigenvalue weighted by atomic mass is 10.1. The summed E-state index contributed by atoms with van der Waals surface area (Å²) in [6.07, 6.45) is 7.50. The lowest BCUT2D eigenvalue weighted by Gasteiger charge is -2.03. The molecule has 0 atom stereocenters. The molecule has 0 saturated carbocycles. The van der Waals surface area contributed by atoms with Gasteiger partial charge in [-0.1, -0.05) is 50.1 Å². The Balaban J connectivity index is 1.89. The summed E-state index contributed by atoms with van der Waals surface area (Å²) in [7, 11) is 0. The second kappa shape index (κ2) is 9.41. The smallest absolute Gasteiger partial charge is 0.0466 e. The molecule has 0 unspecified atom stereocenters. The third kappa shape index (κ3) is 6.62. The van der Waals surface area contributed by atoms with Crippen LogP contribution in [0.5, 0.6) is 0 Å². The van der Waals surface area contributed by atoms with Crippen molar-refractivity contribution in [2.75, 3.05) is 13.2 Å². The summed E-state index contributed by atoms with van der Waals surface area (Å²) < 4.78 is 5.45. The number of hydrogen-bond donors (Lipinski definition) is 0. The summed E-state index contributed by atoms with van der Waals surface area (Å²) in [5.74, 6) is 0. The average molecular weight is 220 g/mol. The van der Waals surface area contributed by atoms with Crippen LogP contribution in [0.4, 0.5) is 0 Å². The Morgan fingerprint density at radius 3 is 2.38 bits per heavy atom. The van der Waals surface area contributed by atoms with Crippen molar-refractivity contribution < 1.29 is 4.74 Å². The highest BCUT2D eigenvalue weighted by atomic mass is 16.5. The number of benzene rings is 1. The Hall–Kier alpha value is -0.820. The van der Waals surface area contributed by atoms with E-state index in [1.54, 1.807) is 0 Å². The molecule has 0 bridgehead atoms. The maximum atomic E-state index is 5.45. The van der Waals surface area contributed by atoms with Crippen molar-refractivity contribution in [1.82, 2.24) is 0 Å². The fraction of sp³-hybridized carbons (Fsp3) is 0.600. The summed E-state index contributed by atoms with van der Waals surface area (Å²) in [5, 5.41) is 0. The topological polar surface area (TPSA) is 9.23 Å². The molecule has 0 aliphatic carbocycles. The lowest BCUT2D eigenvalue weighted by Crippen LogP contribution is -1.95. The molecule has 0 N–H and O–H groups in total. The summed E-state index contributed by atoms with van der Waals surface area (Å²) in [6, 6.07) is 10.7. The minimum Gasteiger partial charge on any atom is -0.381 e. The first-order valence-electron chi connectivity index (χ1n) is 6.55. The summed E-state index contributed by atoms with van der Waals surface area (Å²) in [6.45, 7) is 4.02. The second-order valence-corrected chi connectivity index (χ2v) is 4.26. The number of aryl methyl sites for hydroxylation is 1. The van der Waals surface area contributed by atoms with Gasteiger partial charge in [-0.3, -0.25) is 0 Å². The van der Waals surface area contributed by atoms with Crippen molar-refractivity contribution in [2.45, 2.75) is 45.4 Å². The van der Waals surface area contributed by atoms with Gasteiger partial charge in [0.2, 0.25) is 0 Å². The lowest BCUT2D eigenvalue weighted by molar-refractivity contribution is 0.130. The van der Waals surface area contributed by atoms with Crippen molar-refractivity contribution in [3.63, 3.8) is 0 Å². The first-order valence-corrected chi connectivity index (χ1v) is 6.55. The standard InChI is InChI=1S/C15H24O/c1-2-13-16-14-9-4-3-6-10-15-11-7-5-8-12-15/h5,7-8,11-12H,2-4,6,9-10,13-14H2,1H3. The zero-order valence-electron chi connectivity index (χ0n) is 10.5. The van der Waals surface area contributed by atoms with Gasteiger partial charge in [0.15, 0.2) is 0 Å². The highest BCUT2D eigenvalue weighted by molar-refractivity contribution is 5.14. The average Bonchev–Trinajstić information content (AvgIpc) is 2.34. The highest BCUT2D eigenvalue weighted by Gasteiger charge is 1.93. The molecule has 1 aromatic rings. The van der Waals surface area contributed by atoms with Gasteiger partial charge in [-0.05, 0) is 31.2 Å². The number of unbranched alkanes of at least 4 members (excludes halogenated alkanes) is 3. The van der Waals surface area contributed by atoms with Gasteiger partial charge in [0.25, 0.3) is 0 Å². The summed E-state index contributed by atoms with van der Waals surface area (Å²) in [5.41, 5.74) is 1.46. The van der Waals surface area contributed by atoms with E-state index in [2.05, 4.69) is 37.3 Å². The van der Waals surface area contributed by atoms with Gasteiger partial charge in [-0.15, -0.1) is 0 Å². The minimum absolute atomic E-state index is 0.921. The molecule has 1 rings (SSSR count). The Kier molecular flexibility index (Phi) is 7.79.